The summed E-state index contributed by atoms with van der Waals surface area (Å²) in [5.74, 6) is 1.00. The monoisotopic (exact) mass is 257 g/mol. The van der Waals surface area contributed by atoms with Gasteiger partial charge in [0, 0.05) is 18.4 Å². The zero-order chi connectivity index (χ0) is 12.5. The number of aromatic nitrogens is 2. The van der Waals surface area contributed by atoms with Gasteiger partial charge in [-0.05, 0) is 26.2 Å². The van der Waals surface area contributed by atoms with Crippen molar-refractivity contribution in [2.24, 2.45) is 0 Å². The van der Waals surface area contributed by atoms with Crippen LogP contribution in [0.3, 0.4) is 0 Å². The van der Waals surface area contributed by atoms with Crippen molar-refractivity contribution < 1.29 is 8.42 Å². The maximum atomic E-state index is 12.1. The fourth-order valence-corrected chi connectivity index (χ4v) is 4.07. The number of aromatic amines is 1. The van der Waals surface area contributed by atoms with E-state index in [4.69, 9.17) is 0 Å². The Kier molecular flexibility index (Phi) is 3.53. The minimum absolute atomic E-state index is 0.0970. The molecular weight excluding hydrogens is 238 g/mol. The molecule has 1 unspecified atom stereocenters. The smallest absolute Gasteiger partial charge is 0.214 e. The van der Waals surface area contributed by atoms with Crippen molar-refractivity contribution in [2.45, 2.75) is 39.2 Å². The van der Waals surface area contributed by atoms with Crippen molar-refractivity contribution in [3.05, 3.63) is 17.7 Å². The second-order valence-corrected chi connectivity index (χ2v) is 6.58. The lowest BCUT2D eigenvalue weighted by molar-refractivity contribution is 0.384. The van der Waals surface area contributed by atoms with Crippen molar-refractivity contribution in [1.82, 2.24) is 14.3 Å². The fourth-order valence-electron chi connectivity index (χ4n) is 2.32. The normalized spacial score (nSPS) is 22.1. The number of rotatable bonds is 4. The van der Waals surface area contributed by atoms with Gasteiger partial charge in [-0.2, -0.15) is 4.31 Å². The van der Waals surface area contributed by atoms with Crippen LogP contribution in [0.2, 0.25) is 0 Å². The van der Waals surface area contributed by atoms with Gasteiger partial charge in [-0.3, -0.25) is 0 Å². The Morgan fingerprint density at radius 1 is 1.59 bits per heavy atom. The second-order valence-electron chi connectivity index (χ2n) is 4.54. The Hall–Kier alpha value is -0.880. The summed E-state index contributed by atoms with van der Waals surface area (Å²) in [7, 11) is -3.12. The summed E-state index contributed by atoms with van der Waals surface area (Å²) in [6, 6.07) is -0.0970. The van der Waals surface area contributed by atoms with E-state index in [9.17, 15) is 8.42 Å². The number of imidazole rings is 1. The first-order valence-corrected chi connectivity index (χ1v) is 7.66. The van der Waals surface area contributed by atoms with Crippen molar-refractivity contribution in [3.63, 3.8) is 0 Å². The van der Waals surface area contributed by atoms with E-state index in [1.807, 2.05) is 13.8 Å². The van der Waals surface area contributed by atoms with Crippen LogP contribution in [0.1, 0.15) is 43.7 Å². The van der Waals surface area contributed by atoms with Crippen LogP contribution in [-0.4, -0.2) is 35.0 Å². The molecule has 1 aliphatic rings. The van der Waals surface area contributed by atoms with E-state index in [1.54, 1.807) is 10.5 Å². The van der Waals surface area contributed by atoms with Crippen molar-refractivity contribution >= 4 is 10.0 Å². The third-order valence-corrected chi connectivity index (χ3v) is 5.14. The first-order valence-electron chi connectivity index (χ1n) is 6.05. The molecular formula is C11H19N3O2S. The zero-order valence-electron chi connectivity index (χ0n) is 10.3. The molecule has 1 aliphatic heterocycles. The predicted molar refractivity (Wildman–Crippen MR) is 66.1 cm³/mol. The Balaban J connectivity index is 2.24. The Labute approximate surface area is 102 Å². The van der Waals surface area contributed by atoms with Gasteiger partial charge in [-0.15, -0.1) is 0 Å². The van der Waals surface area contributed by atoms with Gasteiger partial charge in [-0.1, -0.05) is 6.92 Å². The summed E-state index contributed by atoms with van der Waals surface area (Å²) >= 11 is 0. The Morgan fingerprint density at radius 3 is 2.94 bits per heavy atom. The number of nitrogens with zero attached hydrogens (tertiary/aromatic N) is 2. The minimum Gasteiger partial charge on any atom is -0.345 e. The largest absolute Gasteiger partial charge is 0.345 e. The molecule has 1 N–H and O–H groups in total. The van der Waals surface area contributed by atoms with E-state index < -0.39 is 10.0 Å². The van der Waals surface area contributed by atoms with E-state index in [-0.39, 0.29) is 11.8 Å². The van der Waals surface area contributed by atoms with Gasteiger partial charge in [0.2, 0.25) is 10.0 Å². The minimum atomic E-state index is -3.12. The molecule has 17 heavy (non-hydrogen) atoms. The van der Waals surface area contributed by atoms with Crippen LogP contribution in [0.15, 0.2) is 6.20 Å². The van der Waals surface area contributed by atoms with E-state index >= 15 is 0 Å². The molecule has 2 rings (SSSR count). The van der Waals surface area contributed by atoms with Gasteiger partial charge in [0.25, 0.3) is 0 Å². The highest BCUT2D eigenvalue weighted by atomic mass is 32.2. The van der Waals surface area contributed by atoms with Crippen LogP contribution in [0.4, 0.5) is 0 Å². The van der Waals surface area contributed by atoms with E-state index in [0.717, 1.165) is 24.4 Å². The average molecular weight is 257 g/mol. The zero-order valence-corrected chi connectivity index (χ0v) is 11.1. The fraction of sp³-hybridized carbons (Fsp3) is 0.727. The van der Waals surface area contributed by atoms with Crippen LogP contribution < -0.4 is 0 Å². The number of H-pyrrole nitrogens is 1. The van der Waals surface area contributed by atoms with Gasteiger partial charge in [0.15, 0.2) is 0 Å². The number of hydrogen-bond donors (Lipinski definition) is 1. The lowest BCUT2D eigenvalue weighted by Crippen LogP contribution is -2.32. The molecule has 96 valence electrons. The van der Waals surface area contributed by atoms with Crippen molar-refractivity contribution in [3.8, 4) is 0 Å². The molecule has 1 aromatic heterocycles. The maximum absolute atomic E-state index is 12.1. The number of nitrogens with one attached hydrogen (secondary N) is 1. The highest BCUT2D eigenvalue weighted by Crippen LogP contribution is 2.32. The standard InChI is InChI=1S/C11H19N3O2S/c1-3-7-17(15,16)14-6-4-5-10(14)11-12-8-9(2)13-11/h8,10H,3-7H2,1-2H3,(H,12,13). The molecule has 2 heterocycles. The van der Waals surface area contributed by atoms with Crippen LogP contribution in [0.5, 0.6) is 0 Å². The maximum Gasteiger partial charge on any atom is 0.214 e. The molecule has 0 aromatic carbocycles. The molecule has 1 aromatic rings. The van der Waals surface area contributed by atoms with Crippen LogP contribution in [-0.2, 0) is 10.0 Å². The topological polar surface area (TPSA) is 66.1 Å². The summed E-state index contributed by atoms with van der Waals surface area (Å²) in [5, 5.41) is 0. The van der Waals surface area contributed by atoms with Gasteiger partial charge in [0.05, 0.1) is 11.8 Å². The lowest BCUT2D eigenvalue weighted by Gasteiger charge is -2.22. The second kappa shape index (κ2) is 4.78. The predicted octanol–water partition coefficient (Wildman–Crippen LogP) is 1.59. The molecule has 6 heteroatoms. The summed E-state index contributed by atoms with van der Waals surface area (Å²) < 4.78 is 25.8. The molecule has 0 spiro atoms. The quantitative estimate of drug-likeness (QED) is 0.891. The van der Waals surface area contributed by atoms with Crippen molar-refractivity contribution in [2.75, 3.05) is 12.3 Å². The number of hydrogen-bond acceptors (Lipinski definition) is 3. The molecule has 1 saturated heterocycles. The summed E-state index contributed by atoms with van der Waals surface area (Å²) in [5.41, 5.74) is 0.972. The molecule has 0 saturated carbocycles. The molecule has 0 radical (unpaired) electrons. The average Bonchev–Trinajstić information content (AvgIpc) is 2.84. The van der Waals surface area contributed by atoms with E-state index in [2.05, 4.69) is 9.97 Å². The number of aryl methyl sites for hydroxylation is 1. The van der Waals surface area contributed by atoms with Gasteiger partial charge >= 0.3 is 0 Å². The first-order chi connectivity index (χ1) is 8.04. The van der Waals surface area contributed by atoms with Gasteiger partial charge < -0.3 is 4.98 Å². The summed E-state index contributed by atoms with van der Waals surface area (Å²) in [6.45, 7) is 4.43. The SMILES string of the molecule is CCCS(=O)(=O)N1CCCC1c1ncc(C)[nH]1. The lowest BCUT2D eigenvalue weighted by atomic mass is 10.2. The van der Waals surface area contributed by atoms with Crippen LogP contribution in [0.25, 0.3) is 0 Å². The first kappa shape index (κ1) is 12.6. The molecule has 1 atom stereocenters. The highest BCUT2D eigenvalue weighted by Gasteiger charge is 2.35. The van der Waals surface area contributed by atoms with E-state index in [0.29, 0.717) is 13.0 Å². The Bertz CT molecular complexity index is 481. The molecule has 0 aliphatic carbocycles. The summed E-state index contributed by atoms with van der Waals surface area (Å²) in [4.78, 5) is 7.40. The molecule has 5 nitrogen and oxygen atoms in total. The highest BCUT2D eigenvalue weighted by molar-refractivity contribution is 7.89. The molecule has 0 amide bonds. The Morgan fingerprint density at radius 2 is 2.35 bits per heavy atom. The summed E-state index contributed by atoms with van der Waals surface area (Å²) in [6.07, 6.45) is 4.17. The molecule has 1 fully saturated rings. The molecule has 0 bridgehead atoms. The van der Waals surface area contributed by atoms with Crippen LogP contribution >= 0.6 is 0 Å². The van der Waals surface area contributed by atoms with Crippen LogP contribution in [0, 0.1) is 6.92 Å². The van der Waals surface area contributed by atoms with Gasteiger partial charge in [-0.25, -0.2) is 13.4 Å². The van der Waals surface area contributed by atoms with E-state index in [1.165, 1.54) is 0 Å². The van der Waals surface area contributed by atoms with Crippen molar-refractivity contribution in [1.29, 1.82) is 0 Å². The third-order valence-electron chi connectivity index (χ3n) is 3.06. The third kappa shape index (κ3) is 2.52. The number of sulfonamides is 1. The van der Waals surface area contributed by atoms with Gasteiger partial charge in [0.1, 0.15) is 5.82 Å².